The van der Waals surface area contributed by atoms with E-state index in [0.717, 1.165) is 10.6 Å². The lowest BCUT2D eigenvalue weighted by Crippen LogP contribution is -2.28. The first-order chi connectivity index (χ1) is 14.3. The Kier molecular flexibility index (Phi) is 4.23. The van der Waals surface area contributed by atoms with E-state index in [1.165, 1.54) is 12.1 Å². The van der Waals surface area contributed by atoms with Crippen LogP contribution in [-0.4, -0.2) is 17.1 Å². The van der Waals surface area contributed by atoms with Crippen molar-refractivity contribution in [3.63, 3.8) is 0 Å². The van der Waals surface area contributed by atoms with Gasteiger partial charge in [0.2, 0.25) is 0 Å². The maximum Gasteiger partial charge on any atom is 0.330 e. The molecule has 150 valence electrons. The number of hydrogen-bond donors (Lipinski definition) is 2. The largest absolute Gasteiger partial charge is 0.461 e. The van der Waals surface area contributed by atoms with E-state index in [9.17, 15) is 24.0 Å². The third kappa shape index (κ3) is 2.45. The van der Waals surface area contributed by atoms with E-state index in [-0.39, 0.29) is 56.8 Å². The minimum Gasteiger partial charge on any atom is -0.461 e. The second-order valence-corrected chi connectivity index (χ2v) is 6.66. The summed E-state index contributed by atoms with van der Waals surface area (Å²) in [7, 11) is 0. The molecule has 9 nitrogen and oxygen atoms in total. The number of aromatic nitrogens is 1. The molecular weight excluding hydrogens is 390 g/mol. The van der Waals surface area contributed by atoms with E-state index in [1.807, 2.05) is 0 Å². The summed E-state index contributed by atoms with van der Waals surface area (Å²) in [5, 5.41) is -0.539. The van der Waals surface area contributed by atoms with Crippen molar-refractivity contribution in [2.24, 2.45) is 0 Å². The molecule has 9 heteroatoms. The fourth-order valence-electron chi connectivity index (χ4n) is 3.71. The van der Waals surface area contributed by atoms with Gasteiger partial charge in [-0.2, -0.15) is 0 Å². The molecule has 1 aromatic heterocycles. The van der Waals surface area contributed by atoms with Gasteiger partial charge in [-0.1, -0.05) is 30.8 Å². The zero-order chi connectivity index (χ0) is 21.7. The van der Waals surface area contributed by atoms with Gasteiger partial charge in [-0.3, -0.25) is 23.7 Å². The van der Waals surface area contributed by atoms with Gasteiger partial charge in [0.05, 0.1) is 39.5 Å². The Bertz CT molecular complexity index is 1500. The monoisotopic (exact) mass is 405 g/mol. The van der Waals surface area contributed by atoms with Gasteiger partial charge in [-0.25, -0.2) is 4.79 Å². The van der Waals surface area contributed by atoms with Gasteiger partial charge in [0, 0.05) is 16.8 Å². The van der Waals surface area contributed by atoms with E-state index in [1.54, 1.807) is 12.1 Å². The summed E-state index contributed by atoms with van der Waals surface area (Å²) < 4.78 is 5.62. The highest BCUT2D eigenvalue weighted by molar-refractivity contribution is 6.20. The summed E-state index contributed by atoms with van der Waals surface area (Å²) >= 11 is 0. The number of fused-ring (bicyclic) bond motifs is 3. The third-order valence-electron chi connectivity index (χ3n) is 5.09. The first-order valence-electron chi connectivity index (χ1n) is 8.88. The minimum atomic E-state index is -0.782. The molecule has 4 N–H and O–H groups in total. The summed E-state index contributed by atoms with van der Waals surface area (Å²) in [6.45, 7) is 2.74. The van der Waals surface area contributed by atoms with Crippen molar-refractivity contribution in [2.45, 2.75) is 6.54 Å². The molecule has 0 spiro atoms. The number of anilines is 2. The van der Waals surface area contributed by atoms with Gasteiger partial charge in [-0.15, -0.1) is 0 Å². The van der Waals surface area contributed by atoms with E-state index in [0.29, 0.717) is 0 Å². The van der Waals surface area contributed by atoms with Crippen LogP contribution in [0.4, 0.5) is 11.4 Å². The van der Waals surface area contributed by atoms with Gasteiger partial charge in [-0.05, 0) is 0 Å². The topological polar surface area (TPSA) is 152 Å². The molecule has 0 radical (unpaired) electrons. The Morgan fingerprint density at radius 2 is 1.37 bits per heavy atom. The fourth-order valence-corrected chi connectivity index (χ4v) is 3.71. The number of rotatable bonds is 4. The molecule has 0 saturated heterocycles. The molecule has 0 unspecified atom stereocenters. The van der Waals surface area contributed by atoms with Crippen LogP contribution in [0, 0.1) is 0 Å². The number of benzene rings is 3. The molecule has 4 aromatic rings. The quantitative estimate of drug-likeness (QED) is 0.160. The van der Waals surface area contributed by atoms with Crippen LogP contribution in [0.3, 0.4) is 0 Å². The predicted molar refractivity (Wildman–Crippen MR) is 114 cm³/mol. The molecule has 4 rings (SSSR count). The first-order valence-corrected chi connectivity index (χ1v) is 8.88. The van der Waals surface area contributed by atoms with Crippen molar-refractivity contribution < 1.29 is 9.53 Å². The molecule has 1 heterocycles. The van der Waals surface area contributed by atoms with Crippen LogP contribution in [0.5, 0.6) is 0 Å². The zero-order valence-electron chi connectivity index (χ0n) is 15.6. The maximum atomic E-state index is 13.0. The van der Waals surface area contributed by atoms with Gasteiger partial charge >= 0.3 is 5.97 Å². The standard InChI is InChI=1S/C21H15N3O6/c1-2-11(25)30-8-7-24-20(28)14-15(21(24)29)17(23)13-12(16(14)22)18(26)9-5-3-4-6-10(9)19(13)27/h2-6H,1,7-8,22-23H2. The van der Waals surface area contributed by atoms with Crippen molar-refractivity contribution in [3.05, 3.63) is 78.1 Å². The Morgan fingerprint density at radius 1 is 0.900 bits per heavy atom. The van der Waals surface area contributed by atoms with Crippen molar-refractivity contribution >= 4 is 49.7 Å². The van der Waals surface area contributed by atoms with Gasteiger partial charge < -0.3 is 16.2 Å². The van der Waals surface area contributed by atoms with Gasteiger partial charge in [0.1, 0.15) is 6.61 Å². The van der Waals surface area contributed by atoms with Crippen LogP contribution in [0.25, 0.3) is 32.3 Å². The molecule has 0 aliphatic carbocycles. The molecule has 0 atom stereocenters. The van der Waals surface area contributed by atoms with Gasteiger partial charge in [0.25, 0.3) is 11.1 Å². The molecule has 0 bridgehead atoms. The Labute approximate surface area is 167 Å². The van der Waals surface area contributed by atoms with Crippen LogP contribution in [0.2, 0.25) is 0 Å². The zero-order valence-corrected chi connectivity index (χ0v) is 15.6. The van der Waals surface area contributed by atoms with Crippen molar-refractivity contribution in [1.82, 2.24) is 4.57 Å². The van der Waals surface area contributed by atoms with E-state index >= 15 is 0 Å². The Morgan fingerprint density at radius 3 is 1.80 bits per heavy atom. The molecule has 0 saturated carbocycles. The van der Waals surface area contributed by atoms with Crippen LogP contribution in [0.15, 0.2) is 56.1 Å². The number of nitrogens with zero attached hydrogens (tertiary/aromatic N) is 1. The average molecular weight is 405 g/mol. The van der Waals surface area contributed by atoms with E-state index in [2.05, 4.69) is 6.58 Å². The lowest BCUT2D eigenvalue weighted by molar-refractivity contribution is -0.138. The van der Waals surface area contributed by atoms with Crippen LogP contribution in [-0.2, 0) is 16.1 Å². The summed E-state index contributed by atoms with van der Waals surface area (Å²) in [5.41, 5.74) is 9.03. The van der Waals surface area contributed by atoms with Gasteiger partial charge in [0.15, 0.2) is 10.9 Å². The number of nitrogen functional groups attached to an aromatic ring is 2. The summed E-state index contributed by atoms with van der Waals surface area (Å²) in [5.74, 6) is -0.713. The number of carbonyl (C=O) groups is 1. The molecular formula is C21H15N3O6. The second-order valence-electron chi connectivity index (χ2n) is 6.66. The first kappa shape index (κ1) is 19.1. The molecule has 0 fully saturated rings. The molecule has 3 aromatic carbocycles. The maximum absolute atomic E-state index is 13.0. The summed E-state index contributed by atoms with van der Waals surface area (Å²) in [6.07, 6.45) is 0.946. The highest BCUT2D eigenvalue weighted by atomic mass is 16.5. The third-order valence-corrected chi connectivity index (χ3v) is 5.09. The molecule has 0 amide bonds. The predicted octanol–water partition coefficient (Wildman–Crippen LogP) is 0.158. The number of esters is 1. The lowest BCUT2D eigenvalue weighted by atomic mass is 9.97. The van der Waals surface area contributed by atoms with E-state index < -0.39 is 27.9 Å². The Hall–Kier alpha value is -4.27. The SMILES string of the molecule is C=CC(=O)OCCn1c(=O)c2c(N)c3c(=O)c4ccccc4c(=O)c3c(N)c2c1=O. The summed E-state index contributed by atoms with van der Waals surface area (Å²) in [4.78, 5) is 62.9. The number of carbonyl (C=O) groups excluding carboxylic acids is 1. The normalized spacial score (nSPS) is 11.3. The lowest BCUT2D eigenvalue weighted by Gasteiger charge is -2.07. The van der Waals surface area contributed by atoms with Crippen LogP contribution < -0.4 is 33.4 Å². The number of ether oxygens (including phenoxy) is 1. The minimum absolute atomic E-state index is 0.144. The second kappa shape index (κ2) is 6.66. The fraction of sp³-hybridized carbons (Fsp3) is 0.0952. The van der Waals surface area contributed by atoms with Crippen molar-refractivity contribution in [1.29, 1.82) is 0 Å². The molecule has 0 aliphatic heterocycles. The molecule has 30 heavy (non-hydrogen) atoms. The smallest absolute Gasteiger partial charge is 0.330 e. The molecule has 0 aliphatic rings. The number of hydrogen-bond acceptors (Lipinski definition) is 8. The highest BCUT2D eigenvalue weighted by Crippen LogP contribution is 2.31. The van der Waals surface area contributed by atoms with Crippen molar-refractivity contribution in [2.75, 3.05) is 18.1 Å². The van der Waals surface area contributed by atoms with Crippen LogP contribution in [0.1, 0.15) is 0 Å². The average Bonchev–Trinajstić information content (AvgIpc) is 2.99. The number of nitrogens with two attached hydrogens (primary N) is 2. The van der Waals surface area contributed by atoms with E-state index in [4.69, 9.17) is 16.2 Å². The van der Waals surface area contributed by atoms with Crippen molar-refractivity contribution in [3.8, 4) is 0 Å². The van der Waals surface area contributed by atoms with Crippen LogP contribution >= 0.6 is 0 Å². The Balaban J connectivity index is 2.12. The summed E-state index contributed by atoms with van der Waals surface area (Å²) in [6, 6.07) is 6.16. The highest BCUT2D eigenvalue weighted by Gasteiger charge is 2.25.